The molecule has 1 aromatic rings. The fraction of sp³-hybridized carbons (Fsp3) is 0.714. The van der Waals surface area contributed by atoms with Crippen molar-refractivity contribution in [2.45, 2.75) is 26.8 Å². The smallest absolute Gasteiger partial charge is 0.230 e. The van der Waals surface area contributed by atoms with Gasteiger partial charge in [-0.3, -0.25) is 4.79 Å². The van der Waals surface area contributed by atoms with Crippen LogP contribution in [0.25, 0.3) is 0 Å². The van der Waals surface area contributed by atoms with E-state index in [1.165, 1.54) is 0 Å². The number of rotatable bonds is 4. The molecule has 0 spiro atoms. The van der Waals surface area contributed by atoms with E-state index >= 15 is 0 Å². The van der Waals surface area contributed by atoms with E-state index in [2.05, 4.69) is 24.1 Å². The monoisotopic (exact) mass is 264 g/mol. The minimum Gasteiger partial charge on any atom is -0.338 e. The first kappa shape index (κ1) is 14.1. The van der Waals surface area contributed by atoms with Gasteiger partial charge in [-0.2, -0.15) is 0 Å². The first-order chi connectivity index (χ1) is 8.97. The van der Waals surface area contributed by atoms with E-state index in [1.54, 1.807) is 6.20 Å². The van der Waals surface area contributed by atoms with Gasteiger partial charge in [0.15, 0.2) is 0 Å². The molecule has 1 fully saturated rings. The number of carbonyl (C=O) groups is 1. The van der Waals surface area contributed by atoms with Crippen molar-refractivity contribution in [2.24, 2.45) is 18.4 Å². The second-order valence-corrected chi connectivity index (χ2v) is 5.85. The Morgan fingerprint density at radius 1 is 1.63 bits per heavy atom. The maximum absolute atomic E-state index is 12.8. The number of aromatic nitrogens is 2. The van der Waals surface area contributed by atoms with Crippen molar-refractivity contribution in [3.63, 3.8) is 0 Å². The molecule has 0 aliphatic carbocycles. The Morgan fingerprint density at radius 3 is 2.84 bits per heavy atom. The number of amides is 1. The second kappa shape index (κ2) is 5.33. The Kier molecular flexibility index (Phi) is 3.94. The third-order valence-electron chi connectivity index (χ3n) is 4.37. The first-order valence-electron chi connectivity index (χ1n) is 6.90. The fourth-order valence-electron chi connectivity index (χ4n) is 2.85. The van der Waals surface area contributed by atoms with Crippen molar-refractivity contribution < 1.29 is 4.79 Å². The van der Waals surface area contributed by atoms with Crippen LogP contribution in [0.3, 0.4) is 0 Å². The molecule has 0 radical (unpaired) electrons. The zero-order valence-electron chi connectivity index (χ0n) is 12.3. The standard InChI is InChI=1S/C14H24N4O/c1-11(2)14(5-6-15-10-14)13(19)18(4)9-12-16-7-8-17(12)3/h7-8,11,15H,5-6,9-10H2,1-4H3. The normalized spacial score (nSPS) is 23.0. The van der Waals surface area contributed by atoms with Crippen molar-refractivity contribution in [1.29, 1.82) is 0 Å². The minimum absolute atomic E-state index is 0.232. The van der Waals surface area contributed by atoms with Crippen molar-refractivity contribution in [3.05, 3.63) is 18.2 Å². The Labute approximate surface area is 115 Å². The Bertz CT molecular complexity index is 446. The van der Waals surface area contributed by atoms with E-state index in [1.807, 2.05) is 29.8 Å². The lowest BCUT2D eigenvalue weighted by atomic mass is 9.75. The molecule has 2 heterocycles. The summed E-state index contributed by atoms with van der Waals surface area (Å²) in [6.07, 6.45) is 4.60. The van der Waals surface area contributed by atoms with Crippen molar-refractivity contribution in [1.82, 2.24) is 19.8 Å². The summed E-state index contributed by atoms with van der Waals surface area (Å²) in [5, 5.41) is 3.33. The van der Waals surface area contributed by atoms with Gasteiger partial charge >= 0.3 is 0 Å². The largest absolute Gasteiger partial charge is 0.338 e. The molecule has 1 amide bonds. The SMILES string of the molecule is CC(C)C1(C(=O)N(C)Cc2nccn2C)CCNC1. The van der Waals surface area contributed by atoms with E-state index in [0.29, 0.717) is 12.5 Å². The minimum atomic E-state index is -0.250. The number of imidazole rings is 1. The van der Waals surface area contributed by atoms with E-state index < -0.39 is 0 Å². The number of nitrogens with one attached hydrogen (secondary N) is 1. The van der Waals surface area contributed by atoms with Crippen molar-refractivity contribution in [2.75, 3.05) is 20.1 Å². The van der Waals surface area contributed by atoms with Crippen molar-refractivity contribution in [3.8, 4) is 0 Å². The van der Waals surface area contributed by atoms with Gasteiger partial charge in [-0.25, -0.2) is 4.98 Å². The average Bonchev–Trinajstić information content (AvgIpc) is 2.99. The Hall–Kier alpha value is -1.36. The van der Waals surface area contributed by atoms with Crippen LogP contribution in [0.15, 0.2) is 12.4 Å². The summed E-state index contributed by atoms with van der Waals surface area (Å²) in [7, 11) is 3.83. The summed E-state index contributed by atoms with van der Waals surface area (Å²) in [4.78, 5) is 18.9. The molecule has 1 aliphatic rings. The quantitative estimate of drug-likeness (QED) is 0.883. The number of aryl methyl sites for hydroxylation is 1. The zero-order valence-corrected chi connectivity index (χ0v) is 12.3. The second-order valence-electron chi connectivity index (χ2n) is 5.85. The highest BCUT2D eigenvalue weighted by molar-refractivity contribution is 5.83. The van der Waals surface area contributed by atoms with Gasteiger partial charge in [0, 0.05) is 33.0 Å². The van der Waals surface area contributed by atoms with Gasteiger partial charge in [-0.15, -0.1) is 0 Å². The molecule has 1 aliphatic heterocycles. The van der Waals surface area contributed by atoms with Gasteiger partial charge in [-0.1, -0.05) is 13.8 Å². The molecule has 19 heavy (non-hydrogen) atoms. The molecule has 1 N–H and O–H groups in total. The third-order valence-corrected chi connectivity index (χ3v) is 4.37. The average molecular weight is 264 g/mol. The Balaban J connectivity index is 2.12. The van der Waals surface area contributed by atoms with Crippen LogP contribution in [0.4, 0.5) is 0 Å². The molecule has 1 saturated heterocycles. The van der Waals surface area contributed by atoms with Gasteiger partial charge in [0.05, 0.1) is 12.0 Å². The molecule has 1 unspecified atom stereocenters. The van der Waals surface area contributed by atoms with Crippen molar-refractivity contribution >= 4 is 5.91 Å². The molecular formula is C14H24N4O. The van der Waals surface area contributed by atoms with Crippen LogP contribution in [0.5, 0.6) is 0 Å². The van der Waals surface area contributed by atoms with Crippen LogP contribution in [0.2, 0.25) is 0 Å². The third kappa shape index (κ3) is 2.52. The predicted molar refractivity (Wildman–Crippen MR) is 74.4 cm³/mol. The van der Waals surface area contributed by atoms with Gasteiger partial charge in [0.25, 0.3) is 0 Å². The van der Waals surface area contributed by atoms with Gasteiger partial charge < -0.3 is 14.8 Å². The van der Waals surface area contributed by atoms with Gasteiger partial charge in [0.1, 0.15) is 5.82 Å². The molecule has 0 aromatic carbocycles. The van der Waals surface area contributed by atoms with E-state index in [0.717, 1.165) is 25.3 Å². The predicted octanol–water partition coefficient (Wildman–Crippen LogP) is 1.01. The number of carbonyl (C=O) groups excluding carboxylic acids is 1. The van der Waals surface area contributed by atoms with Crippen LogP contribution < -0.4 is 5.32 Å². The highest BCUT2D eigenvalue weighted by Crippen LogP contribution is 2.36. The summed E-state index contributed by atoms with van der Waals surface area (Å²) < 4.78 is 1.96. The molecule has 5 nitrogen and oxygen atoms in total. The fourth-order valence-corrected chi connectivity index (χ4v) is 2.85. The molecule has 0 bridgehead atoms. The molecule has 1 atom stereocenters. The number of hydrogen-bond donors (Lipinski definition) is 1. The van der Waals surface area contributed by atoms with E-state index in [9.17, 15) is 4.79 Å². The Morgan fingerprint density at radius 2 is 2.37 bits per heavy atom. The first-order valence-corrected chi connectivity index (χ1v) is 6.90. The summed E-state index contributed by atoms with van der Waals surface area (Å²) in [6.45, 7) is 6.56. The van der Waals surface area contributed by atoms with Crippen LogP contribution >= 0.6 is 0 Å². The van der Waals surface area contributed by atoms with E-state index in [4.69, 9.17) is 0 Å². The maximum Gasteiger partial charge on any atom is 0.230 e. The molecule has 0 saturated carbocycles. The lowest BCUT2D eigenvalue weighted by Crippen LogP contribution is -2.46. The van der Waals surface area contributed by atoms with Gasteiger partial charge in [-0.05, 0) is 18.9 Å². The van der Waals surface area contributed by atoms with Crippen LogP contribution in [0, 0.1) is 11.3 Å². The van der Waals surface area contributed by atoms with Crippen LogP contribution in [0.1, 0.15) is 26.1 Å². The summed E-state index contributed by atoms with van der Waals surface area (Å²) in [6, 6.07) is 0. The number of hydrogen-bond acceptors (Lipinski definition) is 3. The van der Waals surface area contributed by atoms with Crippen LogP contribution in [-0.2, 0) is 18.4 Å². The molecular weight excluding hydrogens is 240 g/mol. The summed E-state index contributed by atoms with van der Waals surface area (Å²) >= 11 is 0. The highest BCUT2D eigenvalue weighted by atomic mass is 16.2. The van der Waals surface area contributed by atoms with Gasteiger partial charge in [0.2, 0.25) is 5.91 Å². The van der Waals surface area contributed by atoms with E-state index in [-0.39, 0.29) is 11.3 Å². The molecule has 1 aromatic heterocycles. The maximum atomic E-state index is 12.8. The lowest BCUT2D eigenvalue weighted by Gasteiger charge is -2.35. The molecule has 2 rings (SSSR count). The lowest BCUT2D eigenvalue weighted by molar-refractivity contribution is -0.143. The topological polar surface area (TPSA) is 50.2 Å². The zero-order chi connectivity index (χ0) is 14.0. The number of nitrogens with zero attached hydrogens (tertiary/aromatic N) is 3. The molecule has 106 valence electrons. The summed E-state index contributed by atoms with van der Waals surface area (Å²) in [5.41, 5.74) is -0.250. The van der Waals surface area contributed by atoms with Crippen LogP contribution in [-0.4, -0.2) is 40.5 Å². The molecule has 5 heteroatoms. The summed E-state index contributed by atoms with van der Waals surface area (Å²) in [5.74, 6) is 1.50. The highest BCUT2D eigenvalue weighted by Gasteiger charge is 2.45.